The summed E-state index contributed by atoms with van der Waals surface area (Å²) in [7, 11) is -3.97. The van der Waals surface area contributed by atoms with E-state index in [9.17, 15) is 18.3 Å². The molecule has 0 radical (unpaired) electrons. The summed E-state index contributed by atoms with van der Waals surface area (Å²) in [6.07, 6.45) is 0.471. The molecule has 1 aromatic heterocycles. The van der Waals surface area contributed by atoms with Crippen LogP contribution in [0.2, 0.25) is 10.3 Å². The smallest absolute Gasteiger partial charge is 0.241 e. The Morgan fingerprint density at radius 2 is 1.52 bits per heavy atom. The van der Waals surface area contributed by atoms with Crippen molar-refractivity contribution in [1.29, 1.82) is 0 Å². The second-order valence-corrected chi connectivity index (χ2v) is 16.9. The van der Waals surface area contributed by atoms with Crippen molar-refractivity contribution in [1.82, 2.24) is 19.6 Å². The van der Waals surface area contributed by atoms with Crippen LogP contribution in [0.25, 0.3) is 11.1 Å². The van der Waals surface area contributed by atoms with E-state index in [4.69, 9.17) is 32.7 Å². The van der Waals surface area contributed by atoms with E-state index in [1.54, 1.807) is 23.0 Å². The SMILES string of the molecule is Cc1ccc(S(=O)(=O)NC(Cc2ccccc2)C(=O)NCc2cccc(-c3ccc(C4OC(Cn5cnc(Cl)c5Cl)C(C)C(c5ccc(CO)cc5)O4)cc3)c2)cc1. The topological polar surface area (TPSA) is 132 Å². The minimum Gasteiger partial charge on any atom is -0.392 e. The molecule has 0 aliphatic carbocycles. The van der Waals surface area contributed by atoms with Crippen molar-refractivity contribution in [3.63, 3.8) is 0 Å². The number of halogens is 2. The third-order valence-corrected chi connectivity index (χ3v) is 12.6. The van der Waals surface area contributed by atoms with Crippen LogP contribution in [0.3, 0.4) is 0 Å². The maximum Gasteiger partial charge on any atom is 0.241 e. The highest BCUT2D eigenvalue weighted by Gasteiger charge is 2.39. The lowest BCUT2D eigenvalue weighted by molar-refractivity contribution is -0.276. The summed E-state index contributed by atoms with van der Waals surface area (Å²) in [6.45, 7) is 4.51. The zero-order chi connectivity index (χ0) is 40.8. The number of imidazole rings is 1. The minimum absolute atomic E-state index is 0.0480. The lowest BCUT2D eigenvalue weighted by atomic mass is 9.90. The Bertz CT molecular complexity index is 2430. The number of amides is 1. The number of nitrogens with zero attached hydrogens (tertiary/aromatic N) is 2. The molecule has 1 aliphatic heterocycles. The van der Waals surface area contributed by atoms with Crippen LogP contribution in [0.15, 0.2) is 139 Å². The van der Waals surface area contributed by atoms with Crippen LogP contribution in [0.1, 0.15) is 52.7 Å². The first kappa shape index (κ1) is 41.3. The molecule has 58 heavy (non-hydrogen) atoms. The highest BCUT2D eigenvalue weighted by atomic mass is 35.5. The number of aryl methyl sites for hydroxylation is 1. The molecule has 0 spiro atoms. The predicted molar refractivity (Wildman–Crippen MR) is 224 cm³/mol. The van der Waals surface area contributed by atoms with Crippen LogP contribution in [0, 0.1) is 12.8 Å². The summed E-state index contributed by atoms with van der Waals surface area (Å²) < 4.78 is 44.3. The Morgan fingerprint density at radius 3 is 2.19 bits per heavy atom. The normalized spacial score (nSPS) is 18.8. The summed E-state index contributed by atoms with van der Waals surface area (Å²) in [5.41, 5.74) is 7.09. The zero-order valence-corrected chi connectivity index (χ0v) is 34.3. The molecule has 6 aromatic rings. The van der Waals surface area contributed by atoms with E-state index in [1.807, 2.05) is 110 Å². The van der Waals surface area contributed by atoms with Crippen LogP contribution < -0.4 is 10.0 Å². The van der Waals surface area contributed by atoms with Crippen molar-refractivity contribution < 1.29 is 27.8 Å². The largest absolute Gasteiger partial charge is 0.392 e. The molecule has 5 unspecified atom stereocenters. The van der Waals surface area contributed by atoms with Gasteiger partial charge in [-0.15, -0.1) is 0 Å². The monoisotopic (exact) mass is 838 g/mol. The fourth-order valence-electron chi connectivity index (χ4n) is 7.01. The van der Waals surface area contributed by atoms with Crippen LogP contribution in [-0.4, -0.2) is 41.1 Å². The van der Waals surface area contributed by atoms with Gasteiger partial charge < -0.3 is 24.5 Å². The van der Waals surface area contributed by atoms with Crippen LogP contribution in [-0.2, 0) is 50.4 Å². The molecule has 0 bridgehead atoms. The molecule has 1 aliphatic rings. The van der Waals surface area contributed by atoms with Gasteiger partial charge in [-0.1, -0.05) is 145 Å². The lowest BCUT2D eigenvalue weighted by Crippen LogP contribution is -2.47. The molecular weight excluding hydrogens is 795 g/mol. The number of aliphatic hydroxyl groups is 1. The van der Waals surface area contributed by atoms with Gasteiger partial charge in [0, 0.05) is 18.0 Å². The van der Waals surface area contributed by atoms with Crippen molar-refractivity contribution >= 4 is 39.1 Å². The Morgan fingerprint density at radius 1 is 0.828 bits per heavy atom. The summed E-state index contributed by atoms with van der Waals surface area (Å²) in [5, 5.41) is 13.1. The highest BCUT2D eigenvalue weighted by Crippen LogP contribution is 2.43. The first-order chi connectivity index (χ1) is 28.0. The first-order valence-corrected chi connectivity index (χ1v) is 21.2. The molecule has 1 fully saturated rings. The third kappa shape index (κ3) is 9.87. The van der Waals surface area contributed by atoms with E-state index < -0.39 is 28.3 Å². The van der Waals surface area contributed by atoms with Crippen molar-refractivity contribution in [2.45, 2.75) is 69.4 Å². The van der Waals surface area contributed by atoms with Gasteiger partial charge in [-0.25, -0.2) is 13.4 Å². The predicted octanol–water partition coefficient (Wildman–Crippen LogP) is 8.36. The number of rotatable bonds is 14. The number of hydrogen-bond acceptors (Lipinski definition) is 7. The second-order valence-electron chi connectivity index (χ2n) is 14.5. The third-order valence-electron chi connectivity index (χ3n) is 10.4. The Kier molecular flexibility index (Phi) is 13.1. The lowest BCUT2D eigenvalue weighted by Gasteiger charge is -2.41. The van der Waals surface area contributed by atoms with Gasteiger partial charge in [-0.2, -0.15) is 4.72 Å². The van der Waals surface area contributed by atoms with Crippen LogP contribution in [0.4, 0.5) is 0 Å². The Hall–Kier alpha value is -4.85. The number of aromatic nitrogens is 2. The number of carbonyl (C=O) groups is 1. The van der Waals surface area contributed by atoms with E-state index in [0.717, 1.165) is 44.5 Å². The van der Waals surface area contributed by atoms with Gasteiger partial charge in [-0.3, -0.25) is 4.79 Å². The van der Waals surface area contributed by atoms with Gasteiger partial charge in [0.1, 0.15) is 11.2 Å². The fourth-order valence-corrected chi connectivity index (χ4v) is 8.52. The standard InChI is InChI=1S/C45H44Cl2N4O6S/c1-29-11-21-38(22-12-29)58(54,55)50-39(24-31-7-4-3-5-8-31)44(53)48-25-33-9-6-10-37(23-33)34-17-19-36(20-18-34)45-56-40(26-51-28-49-42(46)43(51)47)30(2)41(57-45)35-15-13-32(27-52)14-16-35/h3-23,28,30,39-41,45,50,52H,24-27H2,1-2H3,(H,48,53). The van der Waals surface area contributed by atoms with E-state index in [1.165, 1.54) is 12.1 Å². The number of nitrogens with one attached hydrogen (secondary N) is 2. The maximum absolute atomic E-state index is 13.6. The quantitative estimate of drug-likeness (QED) is 0.101. The summed E-state index contributed by atoms with van der Waals surface area (Å²) in [6, 6.07) is 38.3. The first-order valence-electron chi connectivity index (χ1n) is 18.9. The Balaban J connectivity index is 1.06. The molecular formula is C45H44Cl2N4O6S. The minimum atomic E-state index is -3.97. The number of sulfonamides is 1. The van der Waals surface area contributed by atoms with Crippen molar-refractivity contribution in [2.75, 3.05) is 0 Å². The molecule has 0 saturated carbocycles. The van der Waals surface area contributed by atoms with E-state index >= 15 is 0 Å². The van der Waals surface area contributed by atoms with Crippen molar-refractivity contribution in [2.24, 2.45) is 5.92 Å². The molecule has 1 saturated heterocycles. The van der Waals surface area contributed by atoms with E-state index in [-0.39, 0.29) is 47.7 Å². The summed E-state index contributed by atoms with van der Waals surface area (Å²) in [4.78, 5) is 17.9. The summed E-state index contributed by atoms with van der Waals surface area (Å²) >= 11 is 12.6. The van der Waals surface area contributed by atoms with Gasteiger partial charge in [0.2, 0.25) is 15.9 Å². The van der Waals surface area contributed by atoms with Crippen molar-refractivity contribution in [3.05, 3.63) is 177 Å². The van der Waals surface area contributed by atoms with Crippen LogP contribution >= 0.6 is 23.2 Å². The maximum atomic E-state index is 13.6. The molecule has 13 heteroatoms. The number of benzene rings is 5. The van der Waals surface area contributed by atoms with E-state index in [0.29, 0.717) is 11.7 Å². The number of carbonyl (C=O) groups excluding carboxylic acids is 1. The van der Waals surface area contributed by atoms with Crippen LogP contribution in [0.5, 0.6) is 0 Å². The molecule has 3 N–H and O–H groups in total. The summed E-state index contributed by atoms with van der Waals surface area (Å²) in [5.74, 6) is -0.506. The van der Waals surface area contributed by atoms with Crippen molar-refractivity contribution in [3.8, 4) is 11.1 Å². The molecule has 7 rings (SSSR count). The van der Waals surface area contributed by atoms with E-state index in [2.05, 4.69) is 21.9 Å². The second kappa shape index (κ2) is 18.4. The van der Waals surface area contributed by atoms with Gasteiger partial charge in [-0.05, 0) is 64.9 Å². The molecule has 2 heterocycles. The zero-order valence-electron chi connectivity index (χ0n) is 32.0. The number of ether oxygens (including phenoxy) is 2. The average molecular weight is 840 g/mol. The average Bonchev–Trinajstić information content (AvgIpc) is 3.56. The highest BCUT2D eigenvalue weighted by molar-refractivity contribution is 7.89. The fraction of sp³-hybridized carbons (Fsp3) is 0.244. The number of aliphatic hydroxyl groups excluding tert-OH is 1. The van der Waals surface area contributed by atoms with Gasteiger partial charge >= 0.3 is 0 Å². The van der Waals surface area contributed by atoms with Gasteiger partial charge in [0.15, 0.2) is 11.4 Å². The Labute approximate surface area is 348 Å². The van der Waals surface area contributed by atoms with Gasteiger partial charge in [0.05, 0.1) is 36.6 Å². The molecule has 10 nitrogen and oxygen atoms in total. The molecule has 300 valence electrons. The van der Waals surface area contributed by atoms with Gasteiger partial charge in [0.25, 0.3) is 0 Å². The molecule has 5 aromatic carbocycles. The molecule has 5 atom stereocenters. The molecule has 1 amide bonds. The number of hydrogen-bond donors (Lipinski definition) is 3.